The zero-order valence-electron chi connectivity index (χ0n) is 17.2. The van der Waals surface area contributed by atoms with E-state index in [4.69, 9.17) is 5.73 Å². The van der Waals surface area contributed by atoms with Crippen LogP contribution in [0.1, 0.15) is 43.9 Å². The molecule has 3 heterocycles. The van der Waals surface area contributed by atoms with E-state index in [1.54, 1.807) is 17.3 Å². The number of H-pyrrole nitrogens is 1. The molecule has 2 aromatic heterocycles. The van der Waals surface area contributed by atoms with Crippen LogP contribution in [0, 0.1) is 5.92 Å². The molecule has 4 rings (SSSR count). The number of piperidine rings is 1. The molecule has 2 amide bonds. The van der Waals surface area contributed by atoms with Gasteiger partial charge in [-0.25, -0.2) is 9.97 Å². The largest absolute Gasteiger partial charge is 0.383 e. The van der Waals surface area contributed by atoms with Gasteiger partial charge in [-0.15, -0.1) is 0 Å². The summed E-state index contributed by atoms with van der Waals surface area (Å²) in [6.45, 7) is 4.60. The molecule has 8 heteroatoms. The number of rotatable bonds is 3. The number of carbonyl (C=O) groups excluding carboxylic acids is 2. The number of carbonyl (C=O) groups is 2. The molecule has 0 radical (unpaired) electrons. The Labute approximate surface area is 174 Å². The van der Waals surface area contributed by atoms with Crippen molar-refractivity contribution in [2.45, 2.75) is 39.2 Å². The van der Waals surface area contributed by atoms with Crippen molar-refractivity contribution < 1.29 is 9.59 Å². The van der Waals surface area contributed by atoms with E-state index in [0.717, 1.165) is 35.0 Å². The molecule has 0 saturated carbocycles. The van der Waals surface area contributed by atoms with Crippen LogP contribution in [-0.4, -0.2) is 38.2 Å². The third kappa shape index (κ3) is 3.85. The lowest BCUT2D eigenvalue weighted by Crippen LogP contribution is -2.46. The van der Waals surface area contributed by atoms with Crippen LogP contribution in [0.25, 0.3) is 11.0 Å². The number of nitrogens with zero attached hydrogens (tertiary/aromatic N) is 3. The highest BCUT2D eigenvalue weighted by molar-refractivity contribution is 6.39. The molecule has 1 aliphatic heterocycles. The van der Waals surface area contributed by atoms with Gasteiger partial charge in [0.1, 0.15) is 5.82 Å². The van der Waals surface area contributed by atoms with Gasteiger partial charge in [0, 0.05) is 6.54 Å². The number of imidazole rings is 1. The highest BCUT2D eigenvalue weighted by Gasteiger charge is 2.34. The first-order chi connectivity index (χ1) is 14.5. The zero-order chi connectivity index (χ0) is 21.3. The van der Waals surface area contributed by atoms with Gasteiger partial charge in [0.2, 0.25) is 0 Å². The Bertz CT molecular complexity index is 1090. The van der Waals surface area contributed by atoms with Gasteiger partial charge >= 0.3 is 11.8 Å². The number of aromatic nitrogens is 3. The number of nitrogens with two attached hydrogens (primary N) is 1. The standard InChI is InChI=1S/C22H26N6O2/c1-3-14-8-16(10-24-20(14)23)27-21(29)22(30)28-11-13(2)4-7-19(28)15-5-6-17-18(9-15)26-12-25-17/h5-6,8-10,12-13,19H,3-4,7,11H2,1-2H3,(H2,23,24)(H,25,26)(H,27,29)/t13-,19+/m1/s1. The van der Waals surface area contributed by atoms with Crippen molar-refractivity contribution in [2.24, 2.45) is 5.92 Å². The topological polar surface area (TPSA) is 117 Å². The monoisotopic (exact) mass is 406 g/mol. The van der Waals surface area contributed by atoms with Crippen LogP contribution in [0.4, 0.5) is 11.5 Å². The van der Waals surface area contributed by atoms with Crippen molar-refractivity contribution in [1.82, 2.24) is 19.9 Å². The molecule has 3 aromatic rings. The Morgan fingerprint density at radius 1 is 1.27 bits per heavy atom. The first-order valence-corrected chi connectivity index (χ1v) is 10.3. The Morgan fingerprint density at radius 3 is 2.90 bits per heavy atom. The van der Waals surface area contributed by atoms with Crippen LogP contribution in [0.3, 0.4) is 0 Å². The van der Waals surface area contributed by atoms with E-state index in [1.807, 2.05) is 25.1 Å². The molecule has 0 spiro atoms. The second-order valence-electron chi connectivity index (χ2n) is 7.91. The summed E-state index contributed by atoms with van der Waals surface area (Å²) < 4.78 is 0. The Hall–Kier alpha value is -3.42. The molecule has 0 aliphatic carbocycles. The second-order valence-corrected chi connectivity index (χ2v) is 7.91. The number of aryl methyl sites for hydroxylation is 1. The minimum atomic E-state index is -0.663. The number of hydrogen-bond donors (Lipinski definition) is 3. The lowest BCUT2D eigenvalue weighted by Gasteiger charge is -2.38. The fraction of sp³-hybridized carbons (Fsp3) is 0.364. The number of fused-ring (bicyclic) bond motifs is 1. The number of pyridine rings is 1. The first kappa shape index (κ1) is 19.9. The number of hydrogen-bond acceptors (Lipinski definition) is 5. The van der Waals surface area contributed by atoms with Crippen molar-refractivity contribution in [2.75, 3.05) is 17.6 Å². The van der Waals surface area contributed by atoms with Gasteiger partial charge in [0.25, 0.3) is 0 Å². The maximum absolute atomic E-state index is 13.1. The van der Waals surface area contributed by atoms with Crippen molar-refractivity contribution in [3.05, 3.63) is 47.9 Å². The molecular weight excluding hydrogens is 380 g/mol. The van der Waals surface area contributed by atoms with Crippen molar-refractivity contribution in [3.8, 4) is 0 Å². The molecule has 30 heavy (non-hydrogen) atoms. The van der Waals surface area contributed by atoms with Crippen LogP contribution < -0.4 is 11.1 Å². The summed E-state index contributed by atoms with van der Waals surface area (Å²) in [4.78, 5) is 39.1. The first-order valence-electron chi connectivity index (χ1n) is 10.3. The summed E-state index contributed by atoms with van der Waals surface area (Å²) in [5, 5.41) is 2.69. The lowest BCUT2D eigenvalue weighted by molar-refractivity contribution is -0.146. The average Bonchev–Trinajstić information content (AvgIpc) is 3.22. The predicted molar refractivity (Wildman–Crippen MR) is 116 cm³/mol. The summed E-state index contributed by atoms with van der Waals surface area (Å²) in [5.74, 6) is -0.440. The quantitative estimate of drug-likeness (QED) is 0.578. The molecule has 1 aliphatic rings. The van der Waals surface area contributed by atoms with E-state index >= 15 is 0 Å². The molecule has 4 N–H and O–H groups in total. The molecule has 8 nitrogen and oxygen atoms in total. The smallest absolute Gasteiger partial charge is 0.313 e. The highest BCUT2D eigenvalue weighted by Crippen LogP contribution is 2.34. The number of benzene rings is 1. The van der Waals surface area contributed by atoms with Gasteiger partial charge in [0.15, 0.2) is 0 Å². The molecule has 2 atom stereocenters. The van der Waals surface area contributed by atoms with Gasteiger partial charge in [0.05, 0.1) is 35.3 Å². The van der Waals surface area contributed by atoms with Crippen LogP contribution >= 0.6 is 0 Å². The van der Waals surface area contributed by atoms with Crippen molar-refractivity contribution in [1.29, 1.82) is 0 Å². The SMILES string of the molecule is CCc1cc(NC(=O)C(=O)N2C[C@H](C)CC[C@H]2c2ccc3[nH]cnc3c2)cnc1N. The average molecular weight is 406 g/mol. The number of nitrogen functional groups attached to an aromatic ring is 1. The van der Waals surface area contributed by atoms with E-state index in [0.29, 0.717) is 30.4 Å². The minimum absolute atomic E-state index is 0.156. The maximum Gasteiger partial charge on any atom is 0.313 e. The molecular formula is C22H26N6O2. The van der Waals surface area contributed by atoms with Crippen molar-refractivity contribution >= 4 is 34.4 Å². The summed E-state index contributed by atoms with van der Waals surface area (Å²) in [5.41, 5.74) is 9.92. The van der Waals surface area contributed by atoms with Gasteiger partial charge < -0.3 is 20.9 Å². The van der Waals surface area contributed by atoms with Crippen LogP contribution in [0.2, 0.25) is 0 Å². The summed E-state index contributed by atoms with van der Waals surface area (Å²) in [6, 6.07) is 7.55. The van der Waals surface area contributed by atoms with E-state index in [2.05, 4.69) is 27.2 Å². The lowest BCUT2D eigenvalue weighted by atomic mass is 9.89. The predicted octanol–water partition coefficient (Wildman–Crippen LogP) is 3.04. The molecule has 1 fully saturated rings. The number of aromatic amines is 1. The third-order valence-corrected chi connectivity index (χ3v) is 5.74. The van der Waals surface area contributed by atoms with Gasteiger partial charge in [-0.1, -0.05) is 19.9 Å². The number of amides is 2. The number of nitrogens with one attached hydrogen (secondary N) is 2. The van der Waals surface area contributed by atoms with Crippen LogP contribution in [0.15, 0.2) is 36.8 Å². The maximum atomic E-state index is 13.1. The fourth-order valence-electron chi connectivity index (χ4n) is 4.07. The summed E-state index contributed by atoms with van der Waals surface area (Å²) in [6.07, 6.45) is 5.62. The van der Waals surface area contributed by atoms with E-state index in [9.17, 15) is 9.59 Å². The third-order valence-electron chi connectivity index (χ3n) is 5.74. The summed E-state index contributed by atoms with van der Waals surface area (Å²) >= 11 is 0. The summed E-state index contributed by atoms with van der Waals surface area (Å²) in [7, 11) is 0. The van der Waals surface area contributed by atoms with E-state index in [-0.39, 0.29) is 6.04 Å². The molecule has 1 saturated heterocycles. The molecule has 156 valence electrons. The Morgan fingerprint density at radius 2 is 2.10 bits per heavy atom. The van der Waals surface area contributed by atoms with Gasteiger partial charge in [-0.05, 0) is 54.5 Å². The number of anilines is 2. The Balaban J connectivity index is 1.56. The van der Waals surface area contributed by atoms with Gasteiger partial charge in [-0.3, -0.25) is 9.59 Å². The normalized spacial score (nSPS) is 19.1. The molecule has 0 unspecified atom stereocenters. The van der Waals surface area contributed by atoms with Gasteiger partial charge in [-0.2, -0.15) is 0 Å². The molecule has 0 bridgehead atoms. The number of likely N-dealkylation sites (tertiary alicyclic amines) is 1. The zero-order valence-corrected chi connectivity index (χ0v) is 17.2. The molecule has 1 aromatic carbocycles. The second kappa shape index (κ2) is 8.14. The van der Waals surface area contributed by atoms with Crippen LogP contribution in [-0.2, 0) is 16.0 Å². The fourth-order valence-corrected chi connectivity index (χ4v) is 4.07. The minimum Gasteiger partial charge on any atom is -0.383 e. The van der Waals surface area contributed by atoms with E-state index in [1.165, 1.54) is 6.20 Å². The Kier molecular flexibility index (Phi) is 5.39. The van der Waals surface area contributed by atoms with E-state index < -0.39 is 11.8 Å². The van der Waals surface area contributed by atoms with Crippen LogP contribution in [0.5, 0.6) is 0 Å². The van der Waals surface area contributed by atoms with Crippen molar-refractivity contribution in [3.63, 3.8) is 0 Å². The highest BCUT2D eigenvalue weighted by atomic mass is 16.2.